The SMILES string of the molecule is CCn1cc2ncc(N[C@@H](C)c3cccc(NC(=O)Cc4ccc(C(F)(F)F)c(F)c4)c3)nc2n1. The van der Waals surface area contributed by atoms with Crippen LogP contribution in [0.5, 0.6) is 0 Å². The lowest BCUT2D eigenvalue weighted by Crippen LogP contribution is -2.16. The first-order valence-electron chi connectivity index (χ1n) is 10.8. The fraction of sp³-hybridized carbons (Fsp3) is 0.250. The quantitative estimate of drug-likeness (QED) is 0.344. The molecule has 0 aliphatic carbocycles. The molecule has 0 bridgehead atoms. The molecule has 2 N–H and O–H groups in total. The summed E-state index contributed by atoms with van der Waals surface area (Å²) in [5, 5.41) is 10.3. The van der Waals surface area contributed by atoms with E-state index in [-0.39, 0.29) is 18.0 Å². The van der Waals surface area contributed by atoms with Crippen LogP contribution in [0.2, 0.25) is 0 Å². The van der Waals surface area contributed by atoms with Gasteiger partial charge in [-0.3, -0.25) is 9.48 Å². The van der Waals surface area contributed by atoms with E-state index < -0.39 is 23.5 Å². The van der Waals surface area contributed by atoms with Crippen molar-refractivity contribution >= 4 is 28.6 Å². The number of anilines is 2. The Morgan fingerprint density at radius 3 is 2.69 bits per heavy atom. The summed E-state index contributed by atoms with van der Waals surface area (Å²) in [5.74, 6) is -1.35. The minimum atomic E-state index is -4.79. The molecule has 1 amide bonds. The van der Waals surface area contributed by atoms with Crippen molar-refractivity contribution in [3.8, 4) is 0 Å². The van der Waals surface area contributed by atoms with Crippen molar-refractivity contribution in [3.63, 3.8) is 0 Å². The van der Waals surface area contributed by atoms with Gasteiger partial charge in [-0.05, 0) is 49.2 Å². The summed E-state index contributed by atoms with van der Waals surface area (Å²) in [4.78, 5) is 21.2. The lowest BCUT2D eigenvalue weighted by Gasteiger charge is -2.16. The average molecular weight is 486 g/mol. The van der Waals surface area contributed by atoms with Crippen LogP contribution in [-0.2, 0) is 23.9 Å². The predicted molar refractivity (Wildman–Crippen MR) is 123 cm³/mol. The van der Waals surface area contributed by atoms with Gasteiger partial charge in [-0.2, -0.15) is 18.3 Å². The normalized spacial score (nSPS) is 12.5. The first kappa shape index (κ1) is 24.1. The van der Waals surface area contributed by atoms with E-state index in [1.165, 1.54) is 0 Å². The number of nitrogens with one attached hydrogen (secondary N) is 2. The lowest BCUT2D eigenvalue weighted by atomic mass is 10.1. The molecule has 4 rings (SSSR count). The third-order valence-corrected chi connectivity index (χ3v) is 5.34. The highest BCUT2D eigenvalue weighted by Crippen LogP contribution is 2.31. The summed E-state index contributed by atoms with van der Waals surface area (Å²) >= 11 is 0. The number of amides is 1. The largest absolute Gasteiger partial charge is 0.419 e. The number of hydrogen-bond donors (Lipinski definition) is 2. The summed E-state index contributed by atoms with van der Waals surface area (Å²) in [6, 6.07) is 9.36. The molecule has 35 heavy (non-hydrogen) atoms. The Labute approximate surface area is 198 Å². The van der Waals surface area contributed by atoms with E-state index in [0.29, 0.717) is 35.3 Å². The maximum absolute atomic E-state index is 13.8. The van der Waals surface area contributed by atoms with Gasteiger partial charge < -0.3 is 10.6 Å². The van der Waals surface area contributed by atoms with Crippen molar-refractivity contribution in [2.45, 2.75) is 39.0 Å². The molecule has 0 fully saturated rings. The summed E-state index contributed by atoms with van der Waals surface area (Å²) < 4.78 is 53.7. The van der Waals surface area contributed by atoms with Crippen molar-refractivity contribution < 1.29 is 22.4 Å². The molecule has 0 spiro atoms. The second-order valence-corrected chi connectivity index (χ2v) is 7.98. The van der Waals surface area contributed by atoms with Gasteiger partial charge in [0.05, 0.1) is 30.4 Å². The van der Waals surface area contributed by atoms with Gasteiger partial charge in [0, 0.05) is 12.2 Å². The molecular weight excluding hydrogens is 464 g/mol. The number of benzene rings is 2. The average Bonchev–Trinajstić information content (AvgIpc) is 3.21. The van der Waals surface area contributed by atoms with Crippen LogP contribution in [-0.4, -0.2) is 25.7 Å². The van der Waals surface area contributed by atoms with Crippen LogP contribution >= 0.6 is 0 Å². The second-order valence-electron chi connectivity index (χ2n) is 7.98. The highest BCUT2D eigenvalue weighted by molar-refractivity contribution is 5.92. The molecule has 182 valence electrons. The van der Waals surface area contributed by atoms with Gasteiger partial charge in [-0.1, -0.05) is 18.2 Å². The Morgan fingerprint density at radius 1 is 1.17 bits per heavy atom. The standard InChI is InChI=1S/C24H22F4N6O/c1-3-34-13-20-23(33-34)32-21(12-29-20)30-14(2)16-5-4-6-17(11-16)31-22(35)10-15-7-8-18(19(25)9-15)24(26,27)28/h4-9,11-14H,3,10H2,1-2H3,(H,31,35)(H,30,32,33)/t14-/m0/s1. The van der Waals surface area contributed by atoms with E-state index in [4.69, 9.17) is 0 Å². The van der Waals surface area contributed by atoms with Gasteiger partial charge in [0.2, 0.25) is 11.6 Å². The molecule has 0 saturated heterocycles. The number of alkyl halides is 3. The molecule has 0 unspecified atom stereocenters. The predicted octanol–water partition coefficient (Wildman–Crippen LogP) is 5.36. The molecular formula is C24H22F4N6O. The zero-order valence-electron chi connectivity index (χ0n) is 18.9. The summed E-state index contributed by atoms with van der Waals surface area (Å²) in [5.41, 5.74) is 1.35. The molecule has 0 aliphatic heterocycles. The van der Waals surface area contributed by atoms with Crippen LogP contribution < -0.4 is 10.6 Å². The van der Waals surface area contributed by atoms with E-state index >= 15 is 0 Å². The third kappa shape index (κ3) is 5.73. The van der Waals surface area contributed by atoms with Crippen molar-refractivity contribution in [2.24, 2.45) is 0 Å². The molecule has 0 radical (unpaired) electrons. The number of aryl methyl sites for hydroxylation is 1. The van der Waals surface area contributed by atoms with Crippen molar-refractivity contribution in [3.05, 3.63) is 77.4 Å². The molecule has 0 aliphatic rings. The van der Waals surface area contributed by atoms with Gasteiger partial charge in [0.1, 0.15) is 17.2 Å². The topological polar surface area (TPSA) is 84.7 Å². The maximum atomic E-state index is 13.8. The number of hydrogen-bond acceptors (Lipinski definition) is 5. The summed E-state index contributed by atoms with van der Waals surface area (Å²) in [6.45, 7) is 4.60. The lowest BCUT2D eigenvalue weighted by molar-refractivity contribution is -0.140. The minimum absolute atomic E-state index is 0.138. The van der Waals surface area contributed by atoms with Gasteiger partial charge in [-0.15, -0.1) is 0 Å². The van der Waals surface area contributed by atoms with Crippen LogP contribution in [0.3, 0.4) is 0 Å². The Bertz CT molecular complexity index is 1370. The number of fused-ring (bicyclic) bond motifs is 1. The molecule has 2 heterocycles. The Balaban J connectivity index is 1.41. The van der Waals surface area contributed by atoms with Crippen LogP contribution in [0.25, 0.3) is 11.2 Å². The Kier molecular flexibility index (Phi) is 6.68. The number of carbonyl (C=O) groups excluding carboxylic acids is 1. The highest BCUT2D eigenvalue weighted by atomic mass is 19.4. The van der Waals surface area contributed by atoms with E-state index in [1.807, 2.05) is 26.1 Å². The Hall–Kier alpha value is -4.02. The van der Waals surface area contributed by atoms with Gasteiger partial charge >= 0.3 is 6.18 Å². The van der Waals surface area contributed by atoms with E-state index in [1.54, 1.807) is 29.1 Å². The van der Waals surface area contributed by atoms with Crippen LogP contribution in [0.1, 0.15) is 36.6 Å². The zero-order chi connectivity index (χ0) is 25.2. The first-order chi connectivity index (χ1) is 16.6. The van der Waals surface area contributed by atoms with Crippen molar-refractivity contribution in [2.75, 3.05) is 10.6 Å². The molecule has 4 aromatic rings. The molecule has 1 atom stereocenters. The summed E-state index contributed by atoms with van der Waals surface area (Å²) in [6.07, 6.45) is -1.62. The fourth-order valence-corrected chi connectivity index (χ4v) is 3.56. The zero-order valence-corrected chi connectivity index (χ0v) is 18.9. The van der Waals surface area contributed by atoms with Crippen LogP contribution in [0.15, 0.2) is 54.9 Å². The second kappa shape index (κ2) is 9.69. The van der Waals surface area contributed by atoms with Crippen LogP contribution in [0.4, 0.5) is 29.1 Å². The van der Waals surface area contributed by atoms with Crippen LogP contribution in [0, 0.1) is 5.82 Å². The summed E-state index contributed by atoms with van der Waals surface area (Å²) in [7, 11) is 0. The molecule has 7 nitrogen and oxygen atoms in total. The first-order valence-corrected chi connectivity index (χ1v) is 10.8. The van der Waals surface area contributed by atoms with Gasteiger partial charge in [0.25, 0.3) is 0 Å². The maximum Gasteiger partial charge on any atom is 0.419 e. The Morgan fingerprint density at radius 2 is 1.97 bits per heavy atom. The smallest absolute Gasteiger partial charge is 0.362 e. The number of carbonyl (C=O) groups is 1. The van der Waals surface area contributed by atoms with Gasteiger partial charge in [0.15, 0.2) is 0 Å². The van der Waals surface area contributed by atoms with Crippen molar-refractivity contribution in [1.82, 2.24) is 19.7 Å². The molecule has 11 heteroatoms. The van der Waals surface area contributed by atoms with Gasteiger partial charge in [-0.25, -0.2) is 14.4 Å². The number of rotatable bonds is 7. The molecule has 2 aromatic heterocycles. The van der Waals surface area contributed by atoms with E-state index in [0.717, 1.165) is 17.7 Å². The van der Waals surface area contributed by atoms with Crippen molar-refractivity contribution in [1.29, 1.82) is 0 Å². The van der Waals surface area contributed by atoms with E-state index in [2.05, 4.69) is 25.7 Å². The molecule has 2 aromatic carbocycles. The van der Waals surface area contributed by atoms with E-state index in [9.17, 15) is 22.4 Å². The minimum Gasteiger partial charge on any atom is -0.362 e. The number of halogens is 4. The third-order valence-electron chi connectivity index (χ3n) is 5.34. The fourth-order valence-electron chi connectivity index (χ4n) is 3.56. The monoisotopic (exact) mass is 486 g/mol. The number of aromatic nitrogens is 4. The molecule has 0 saturated carbocycles. The highest BCUT2D eigenvalue weighted by Gasteiger charge is 2.33. The number of nitrogens with zero attached hydrogens (tertiary/aromatic N) is 4.